The Labute approximate surface area is 276 Å². The first kappa shape index (κ1) is 34.8. The molecule has 8 nitrogen and oxygen atoms in total. The summed E-state index contributed by atoms with van der Waals surface area (Å²) in [5.41, 5.74) is 7.37. The molecule has 0 aliphatic rings. The molecule has 0 amide bonds. The van der Waals surface area contributed by atoms with Crippen molar-refractivity contribution in [2.75, 3.05) is 82.4 Å². The van der Waals surface area contributed by atoms with E-state index in [1.54, 1.807) is 28.4 Å². The monoisotopic (exact) mass is 631 g/mol. The van der Waals surface area contributed by atoms with Gasteiger partial charge in [0.2, 0.25) is 11.0 Å². The molecular formula is C38H55N4O4+. The van der Waals surface area contributed by atoms with Crippen LogP contribution in [0.15, 0.2) is 36.4 Å². The van der Waals surface area contributed by atoms with Crippen molar-refractivity contribution in [2.45, 2.75) is 61.4 Å². The van der Waals surface area contributed by atoms with Crippen molar-refractivity contribution in [1.82, 2.24) is 0 Å². The maximum atomic E-state index is 6.29. The Morgan fingerprint density at radius 3 is 1.09 bits per heavy atom. The third-order valence-electron chi connectivity index (χ3n) is 9.23. The number of rotatable bonds is 16. The average Bonchev–Trinajstić information content (AvgIpc) is 3.09. The van der Waals surface area contributed by atoms with E-state index in [2.05, 4.69) is 104 Å². The molecule has 4 aromatic rings. The van der Waals surface area contributed by atoms with Crippen molar-refractivity contribution < 1.29 is 23.5 Å². The molecule has 0 radical (unpaired) electrons. The molecular weight excluding hydrogens is 576 g/mol. The molecule has 0 aliphatic carbocycles. The molecule has 0 saturated carbocycles. The minimum absolute atomic E-state index is 0.738. The molecule has 1 heterocycles. The van der Waals surface area contributed by atoms with Crippen LogP contribution in [0.1, 0.15) is 54.9 Å². The van der Waals surface area contributed by atoms with Crippen molar-refractivity contribution in [1.29, 1.82) is 0 Å². The fraction of sp³-hybridized carbons (Fsp3) is 0.500. The highest BCUT2D eigenvalue weighted by atomic mass is 16.5. The first-order chi connectivity index (χ1) is 22.3. The molecule has 0 fully saturated rings. The Morgan fingerprint density at radius 1 is 0.457 bits per heavy atom. The number of nitrogens with zero attached hydrogens (tertiary/aromatic N) is 4. The molecule has 0 spiro atoms. The summed E-state index contributed by atoms with van der Waals surface area (Å²) in [6.45, 7) is 21.5. The zero-order chi connectivity index (χ0) is 33.5. The van der Waals surface area contributed by atoms with E-state index >= 15 is 0 Å². The molecule has 1 aromatic heterocycles. The van der Waals surface area contributed by atoms with Crippen LogP contribution in [0.25, 0.3) is 32.9 Å². The van der Waals surface area contributed by atoms with E-state index in [-0.39, 0.29) is 0 Å². The predicted molar refractivity (Wildman–Crippen MR) is 194 cm³/mol. The van der Waals surface area contributed by atoms with Crippen LogP contribution in [0.3, 0.4) is 0 Å². The summed E-state index contributed by atoms with van der Waals surface area (Å²) in [6, 6.07) is 13.2. The van der Waals surface area contributed by atoms with E-state index in [1.807, 2.05) is 0 Å². The first-order valence-corrected chi connectivity index (χ1v) is 16.9. The van der Waals surface area contributed by atoms with E-state index in [4.69, 9.17) is 18.9 Å². The lowest BCUT2D eigenvalue weighted by Crippen LogP contribution is -2.36. The van der Waals surface area contributed by atoms with E-state index in [1.165, 1.54) is 0 Å². The topological polar surface area (TPSA) is 50.5 Å². The number of anilines is 3. The number of ether oxygens (including phenoxy) is 4. The number of hydrogen-bond acceptors (Lipinski definition) is 7. The number of pyridine rings is 1. The summed E-state index contributed by atoms with van der Waals surface area (Å²) in [6.07, 6.45) is 0.967. The summed E-state index contributed by atoms with van der Waals surface area (Å²) >= 11 is 0. The van der Waals surface area contributed by atoms with Gasteiger partial charge in [0.05, 0.1) is 44.8 Å². The Kier molecular flexibility index (Phi) is 11.7. The van der Waals surface area contributed by atoms with Crippen LogP contribution >= 0.6 is 0 Å². The standard InChI is InChI=1S/C38H55N4O4/c1-12-19-42-29-20-26(39(13-2)14-3)22-31(43-8)35(29)38(36-30(42)21-27(23-32(36)44-9)40(15-4)16-5)37-33(45-10)24-28(25-34(37)46-11)41(17-6)18-7/h20-25H,12-19H2,1-11H3/q+1. The van der Waals surface area contributed by atoms with Gasteiger partial charge in [0, 0.05) is 105 Å². The van der Waals surface area contributed by atoms with Gasteiger partial charge in [0.25, 0.3) is 0 Å². The third-order valence-corrected chi connectivity index (χ3v) is 9.23. The van der Waals surface area contributed by atoms with Crippen molar-refractivity contribution >= 4 is 38.9 Å². The molecule has 0 aliphatic heterocycles. The first-order valence-electron chi connectivity index (χ1n) is 16.9. The lowest BCUT2D eigenvalue weighted by atomic mass is 9.91. The molecule has 0 unspecified atom stereocenters. The normalized spacial score (nSPS) is 11.2. The van der Waals surface area contributed by atoms with E-state index < -0.39 is 0 Å². The summed E-state index contributed by atoms with van der Waals surface area (Å²) in [4.78, 5) is 7.04. The van der Waals surface area contributed by atoms with Gasteiger partial charge in [-0.05, 0) is 41.5 Å². The van der Waals surface area contributed by atoms with Crippen molar-refractivity contribution in [3.63, 3.8) is 0 Å². The average molecular weight is 632 g/mol. The van der Waals surface area contributed by atoms with Crippen molar-refractivity contribution in [2.24, 2.45) is 0 Å². The van der Waals surface area contributed by atoms with Gasteiger partial charge in [0.15, 0.2) is 0 Å². The molecule has 0 saturated heterocycles. The summed E-state index contributed by atoms with van der Waals surface area (Å²) in [7, 11) is 7.00. The second-order valence-electron chi connectivity index (χ2n) is 11.4. The molecule has 3 aromatic carbocycles. The van der Waals surface area contributed by atoms with Gasteiger partial charge < -0.3 is 33.6 Å². The summed E-state index contributed by atoms with van der Waals surface area (Å²) < 4.78 is 27.5. The molecule has 0 atom stereocenters. The Morgan fingerprint density at radius 2 is 0.783 bits per heavy atom. The van der Waals surface area contributed by atoms with E-state index in [9.17, 15) is 0 Å². The quantitative estimate of drug-likeness (QED) is 0.0920. The van der Waals surface area contributed by atoms with Crippen molar-refractivity contribution in [3.8, 4) is 34.1 Å². The molecule has 0 bridgehead atoms. The van der Waals surface area contributed by atoms with Gasteiger partial charge in [-0.2, -0.15) is 4.57 Å². The zero-order valence-corrected chi connectivity index (χ0v) is 30.0. The fourth-order valence-electron chi connectivity index (χ4n) is 6.85. The smallest absolute Gasteiger partial charge is 0.219 e. The molecule has 8 heteroatoms. The third kappa shape index (κ3) is 6.18. The Bertz CT molecular complexity index is 1540. The largest absolute Gasteiger partial charge is 0.496 e. The van der Waals surface area contributed by atoms with Gasteiger partial charge >= 0.3 is 0 Å². The lowest BCUT2D eigenvalue weighted by Gasteiger charge is -2.27. The maximum absolute atomic E-state index is 6.29. The number of fused-ring (bicyclic) bond motifs is 2. The van der Waals surface area contributed by atoms with E-state index in [0.717, 1.165) is 125 Å². The van der Waals surface area contributed by atoms with Crippen LogP contribution < -0.4 is 38.2 Å². The minimum Gasteiger partial charge on any atom is -0.496 e. The van der Waals surface area contributed by atoms with Crippen LogP contribution in [-0.4, -0.2) is 67.7 Å². The minimum atomic E-state index is 0.738. The molecule has 250 valence electrons. The van der Waals surface area contributed by atoms with Crippen LogP contribution in [0, 0.1) is 0 Å². The number of aryl methyl sites for hydroxylation is 1. The van der Waals surface area contributed by atoms with Crippen LogP contribution in [0.5, 0.6) is 23.0 Å². The van der Waals surface area contributed by atoms with Gasteiger partial charge in [-0.25, -0.2) is 0 Å². The highest BCUT2D eigenvalue weighted by Gasteiger charge is 2.32. The van der Waals surface area contributed by atoms with Gasteiger partial charge in [-0.15, -0.1) is 0 Å². The highest BCUT2D eigenvalue weighted by molar-refractivity contribution is 6.15. The molecule has 46 heavy (non-hydrogen) atoms. The Balaban J connectivity index is 2.38. The Hall–Kier alpha value is -4.07. The summed E-state index contributed by atoms with van der Waals surface area (Å²) in [5.74, 6) is 3.07. The SMILES string of the molecule is CCC[n+]1c2cc(N(CC)CC)cc(OC)c2c(-c2c(OC)cc(N(CC)CC)cc2OC)c2c(OC)cc(N(CC)CC)cc21. The lowest BCUT2D eigenvalue weighted by molar-refractivity contribution is -0.645. The number of benzene rings is 3. The number of methoxy groups -OCH3 is 4. The maximum Gasteiger partial charge on any atom is 0.219 e. The molecule has 0 N–H and O–H groups in total. The van der Waals surface area contributed by atoms with Crippen LogP contribution in [-0.2, 0) is 6.54 Å². The fourth-order valence-corrected chi connectivity index (χ4v) is 6.85. The van der Waals surface area contributed by atoms with E-state index in [0.29, 0.717) is 0 Å². The number of hydrogen-bond donors (Lipinski definition) is 0. The van der Waals surface area contributed by atoms with Gasteiger partial charge in [0.1, 0.15) is 29.5 Å². The predicted octanol–water partition coefficient (Wildman–Crippen LogP) is 7.93. The highest BCUT2D eigenvalue weighted by Crippen LogP contribution is 2.51. The second-order valence-corrected chi connectivity index (χ2v) is 11.4. The summed E-state index contributed by atoms with van der Waals surface area (Å²) in [5, 5.41) is 2.00. The second kappa shape index (κ2) is 15.5. The molecule has 4 rings (SSSR count). The van der Waals surface area contributed by atoms with Gasteiger partial charge in [-0.3, -0.25) is 0 Å². The number of aromatic nitrogens is 1. The van der Waals surface area contributed by atoms with Crippen LogP contribution in [0.4, 0.5) is 17.1 Å². The van der Waals surface area contributed by atoms with Crippen LogP contribution in [0.2, 0.25) is 0 Å². The van der Waals surface area contributed by atoms with Gasteiger partial charge in [-0.1, -0.05) is 6.92 Å². The zero-order valence-electron chi connectivity index (χ0n) is 30.0. The van der Waals surface area contributed by atoms with Crippen molar-refractivity contribution in [3.05, 3.63) is 36.4 Å².